The minimum Gasteiger partial charge on any atom is -0.493 e. The quantitative estimate of drug-likeness (QED) is 0.757. The molecule has 0 spiro atoms. The highest BCUT2D eigenvalue weighted by Gasteiger charge is 2.13. The molecule has 0 aliphatic heterocycles. The maximum Gasteiger partial charge on any atom is 0.126 e. The second-order valence-corrected chi connectivity index (χ2v) is 4.96. The summed E-state index contributed by atoms with van der Waals surface area (Å²) in [7, 11) is 0. The number of hydrogen-bond acceptors (Lipinski definition) is 2. The van der Waals surface area contributed by atoms with Gasteiger partial charge >= 0.3 is 0 Å². The summed E-state index contributed by atoms with van der Waals surface area (Å²) >= 11 is 0. The number of benzene rings is 1. The highest BCUT2D eigenvalue weighted by Crippen LogP contribution is 2.27. The van der Waals surface area contributed by atoms with Crippen LogP contribution < -0.4 is 10.1 Å². The standard InChI is InChI=1S/C16H26FNO/c1-5-13(6-2)11-19-16-10-14(17)8-9-15(16)12(4)18-7-3/h8-10,12-13,18H,5-7,11H2,1-4H3. The van der Waals surface area contributed by atoms with E-state index in [9.17, 15) is 4.39 Å². The molecule has 0 aromatic heterocycles. The Morgan fingerprint density at radius 3 is 2.47 bits per heavy atom. The van der Waals surface area contributed by atoms with Crippen LogP contribution in [0.25, 0.3) is 0 Å². The first kappa shape index (κ1) is 16.0. The summed E-state index contributed by atoms with van der Waals surface area (Å²) in [5.41, 5.74) is 1.02. The monoisotopic (exact) mass is 267 g/mol. The fourth-order valence-electron chi connectivity index (χ4n) is 2.14. The minimum atomic E-state index is -0.244. The Balaban J connectivity index is 2.81. The smallest absolute Gasteiger partial charge is 0.126 e. The number of ether oxygens (including phenoxy) is 1. The van der Waals surface area contributed by atoms with Gasteiger partial charge in [-0.1, -0.05) is 39.7 Å². The third-order valence-corrected chi connectivity index (χ3v) is 3.58. The molecule has 108 valence electrons. The van der Waals surface area contributed by atoms with Crippen molar-refractivity contribution in [1.29, 1.82) is 0 Å². The topological polar surface area (TPSA) is 21.3 Å². The van der Waals surface area contributed by atoms with Crippen LogP contribution in [0.2, 0.25) is 0 Å². The summed E-state index contributed by atoms with van der Waals surface area (Å²) in [4.78, 5) is 0. The van der Waals surface area contributed by atoms with Gasteiger partial charge in [-0.15, -0.1) is 0 Å². The predicted molar refractivity (Wildman–Crippen MR) is 78.1 cm³/mol. The molecule has 0 aliphatic rings. The van der Waals surface area contributed by atoms with E-state index in [1.807, 2.05) is 6.07 Å². The van der Waals surface area contributed by atoms with Crippen LogP contribution in [0.1, 0.15) is 52.1 Å². The largest absolute Gasteiger partial charge is 0.493 e. The molecule has 0 saturated heterocycles. The van der Waals surface area contributed by atoms with Gasteiger partial charge in [0.15, 0.2) is 0 Å². The first-order valence-corrected chi connectivity index (χ1v) is 7.27. The summed E-state index contributed by atoms with van der Waals surface area (Å²) in [6.07, 6.45) is 2.17. The lowest BCUT2D eigenvalue weighted by molar-refractivity contribution is 0.236. The Bertz CT molecular complexity index is 377. The normalized spacial score (nSPS) is 12.7. The molecular weight excluding hydrogens is 241 g/mol. The highest BCUT2D eigenvalue weighted by atomic mass is 19.1. The van der Waals surface area contributed by atoms with Gasteiger partial charge in [0.25, 0.3) is 0 Å². The van der Waals surface area contributed by atoms with Gasteiger partial charge in [-0.05, 0) is 25.5 Å². The highest BCUT2D eigenvalue weighted by molar-refractivity contribution is 5.36. The van der Waals surface area contributed by atoms with Crippen LogP contribution in [0.4, 0.5) is 4.39 Å². The molecule has 0 saturated carbocycles. The molecule has 0 heterocycles. The SMILES string of the molecule is CCNC(C)c1ccc(F)cc1OCC(CC)CC. The van der Waals surface area contributed by atoms with Gasteiger partial charge < -0.3 is 10.1 Å². The number of hydrogen-bond donors (Lipinski definition) is 1. The summed E-state index contributed by atoms with van der Waals surface area (Å²) in [6, 6.07) is 4.96. The molecule has 1 atom stereocenters. The van der Waals surface area contributed by atoms with Crippen molar-refractivity contribution in [2.75, 3.05) is 13.2 Å². The van der Waals surface area contributed by atoms with Crippen molar-refractivity contribution in [1.82, 2.24) is 5.32 Å². The molecule has 0 radical (unpaired) electrons. The average Bonchev–Trinajstić information content (AvgIpc) is 2.40. The molecule has 19 heavy (non-hydrogen) atoms. The van der Waals surface area contributed by atoms with E-state index in [0.29, 0.717) is 18.3 Å². The van der Waals surface area contributed by atoms with E-state index in [-0.39, 0.29) is 11.9 Å². The molecular formula is C16H26FNO. The molecule has 3 heteroatoms. The summed E-state index contributed by atoms with van der Waals surface area (Å²) in [6.45, 7) is 9.98. The van der Waals surface area contributed by atoms with Crippen molar-refractivity contribution >= 4 is 0 Å². The zero-order valence-corrected chi connectivity index (χ0v) is 12.5. The average molecular weight is 267 g/mol. The molecule has 0 fully saturated rings. The Hall–Kier alpha value is -1.09. The Morgan fingerprint density at radius 1 is 1.21 bits per heavy atom. The van der Waals surface area contributed by atoms with Gasteiger partial charge in [-0.2, -0.15) is 0 Å². The van der Waals surface area contributed by atoms with Gasteiger partial charge in [0, 0.05) is 17.7 Å². The van der Waals surface area contributed by atoms with E-state index < -0.39 is 0 Å². The fraction of sp³-hybridized carbons (Fsp3) is 0.625. The lowest BCUT2D eigenvalue weighted by atomic mass is 10.0. The van der Waals surface area contributed by atoms with E-state index >= 15 is 0 Å². The van der Waals surface area contributed by atoms with Crippen LogP contribution in [0.15, 0.2) is 18.2 Å². The zero-order valence-electron chi connectivity index (χ0n) is 12.5. The van der Waals surface area contributed by atoms with Gasteiger partial charge in [0.2, 0.25) is 0 Å². The molecule has 0 bridgehead atoms. The van der Waals surface area contributed by atoms with Crippen molar-refractivity contribution in [3.05, 3.63) is 29.6 Å². The molecule has 0 aliphatic carbocycles. The number of halogens is 1. The first-order valence-electron chi connectivity index (χ1n) is 7.27. The molecule has 0 amide bonds. The maximum absolute atomic E-state index is 13.4. The number of rotatable bonds is 8. The molecule has 1 N–H and O–H groups in total. The van der Waals surface area contributed by atoms with Crippen molar-refractivity contribution in [3.63, 3.8) is 0 Å². The Kier molecular flexibility index (Phi) is 6.85. The van der Waals surface area contributed by atoms with Crippen molar-refractivity contribution in [2.24, 2.45) is 5.92 Å². The van der Waals surface area contributed by atoms with Crippen LogP contribution in [0, 0.1) is 11.7 Å². The third-order valence-electron chi connectivity index (χ3n) is 3.58. The van der Waals surface area contributed by atoms with Crippen LogP contribution in [-0.2, 0) is 0 Å². The van der Waals surface area contributed by atoms with Gasteiger partial charge in [-0.25, -0.2) is 4.39 Å². The van der Waals surface area contributed by atoms with E-state index in [4.69, 9.17) is 4.74 Å². The maximum atomic E-state index is 13.4. The predicted octanol–water partition coefficient (Wildman–Crippen LogP) is 4.31. The molecule has 1 unspecified atom stereocenters. The van der Waals surface area contributed by atoms with Gasteiger partial charge in [-0.3, -0.25) is 0 Å². The first-order chi connectivity index (χ1) is 9.12. The van der Waals surface area contributed by atoms with E-state index in [1.165, 1.54) is 12.1 Å². The van der Waals surface area contributed by atoms with Crippen molar-refractivity contribution in [3.8, 4) is 5.75 Å². The molecule has 1 aromatic carbocycles. The fourth-order valence-corrected chi connectivity index (χ4v) is 2.14. The molecule has 1 rings (SSSR count). The third kappa shape index (κ3) is 4.83. The lowest BCUT2D eigenvalue weighted by Crippen LogP contribution is -2.19. The van der Waals surface area contributed by atoms with Crippen LogP contribution >= 0.6 is 0 Å². The summed E-state index contributed by atoms with van der Waals surface area (Å²) < 4.78 is 19.2. The molecule has 2 nitrogen and oxygen atoms in total. The van der Waals surface area contributed by atoms with Crippen LogP contribution in [-0.4, -0.2) is 13.2 Å². The lowest BCUT2D eigenvalue weighted by Gasteiger charge is -2.20. The summed E-state index contributed by atoms with van der Waals surface area (Å²) in [5.74, 6) is 0.956. The molecule has 1 aromatic rings. The van der Waals surface area contributed by atoms with E-state index in [2.05, 4.69) is 33.0 Å². The van der Waals surface area contributed by atoms with Gasteiger partial charge in [0.1, 0.15) is 11.6 Å². The summed E-state index contributed by atoms with van der Waals surface area (Å²) in [5, 5.41) is 3.33. The van der Waals surface area contributed by atoms with E-state index in [1.54, 1.807) is 0 Å². The second-order valence-electron chi connectivity index (χ2n) is 4.96. The number of nitrogens with one attached hydrogen (secondary N) is 1. The van der Waals surface area contributed by atoms with Crippen LogP contribution in [0.5, 0.6) is 5.75 Å². The second kappa shape index (κ2) is 8.16. The Labute approximate surface area is 116 Å². The van der Waals surface area contributed by atoms with Crippen molar-refractivity contribution in [2.45, 2.75) is 46.6 Å². The Morgan fingerprint density at radius 2 is 1.89 bits per heavy atom. The van der Waals surface area contributed by atoms with Gasteiger partial charge in [0.05, 0.1) is 6.61 Å². The minimum absolute atomic E-state index is 0.169. The van der Waals surface area contributed by atoms with Crippen molar-refractivity contribution < 1.29 is 9.13 Å². The van der Waals surface area contributed by atoms with Crippen LogP contribution in [0.3, 0.4) is 0 Å². The zero-order chi connectivity index (χ0) is 14.3. The van der Waals surface area contributed by atoms with E-state index in [0.717, 1.165) is 24.9 Å².